The Labute approximate surface area is 165 Å². The van der Waals surface area contributed by atoms with Crippen LogP contribution in [0, 0.1) is 0 Å². The van der Waals surface area contributed by atoms with Gasteiger partial charge in [-0.25, -0.2) is 4.52 Å². The van der Waals surface area contributed by atoms with E-state index in [1.54, 1.807) is 15.5 Å². The van der Waals surface area contributed by atoms with Crippen molar-refractivity contribution in [1.82, 2.24) is 24.4 Å². The number of carbonyl (C=O) groups is 2. The first-order chi connectivity index (χ1) is 12.9. The Morgan fingerprint density at radius 3 is 2.78 bits per heavy atom. The fourth-order valence-electron chi connectivity index (χ4n) is 3.34. The van der Waals surface area contributed by atoms with Crippen LogP contribution < -0.4 is 5.32 Å². The van der Waals surface area contributed by atoms with Crippen molar-refractivity contribution in [2.24, 2.45) is 0 Å². The van der Waals surface area contributed by atoms with Crippen molar-refractivity contribution in [2.75, 3.05) is 6.54 Å². The zero-order valence-electron chi connectivity index (χ0n) is 15.1. The van der Waals surface area contributed by atoms with Gasteiger partial charge in [-0.3, -0.25) is 9.59 Å². The lowest BCUT2D eigenvalue weighted by molar-refractivity contribution is 0.0703. The van der Waals surface area contributed by atoms with E-state index in [2.05, 4.69) is 26.3 Å². The molecule has 8 heteroatoms. The second-order valence-corrected chi connectivity index (χ2v) is 7.88. The molecule has 2 amide bonds. The third-order valence-corrected chi connectivity index (χ3v) is 5.07. The van der Waals surface area contributed by atoms with Gasteiger partial charge in [0.15, 0.2) is 5.69 Å². The van der Waals surface area contributed by atoms with E-state index in [0.29, 0.717) is 31.0 Å². The van der Waals surface area contributed by atoms with Crippen LogP contribution in [0.4, 0.5) is 0 Å². The van der Waals surface area contributed by atoms with E-state index < -0.39 is 0 Å². The van der Waals surface area contributed by atoms with E-state index in [9.17, 15) is 9.59 Å². The molecule has 0 unspecified atom stereocenters. The highest BCUT2D eigenvalue weighted by Gasteiger charge is 2.26. The predicted octanol–water partition coefficient (Wildman–Crippen LogP) is 2.69. The van der Waals surface area contributed by atoms with E-state index in [-0.39, 0.29) is 17.9 Å². The van der Waals surface area contributed by atoms with Crippen LogP contribution in [0.2, 0.25) is 0 Å². The minimum absolute atomic E-state index is 0.0815. The molecule has 0 saturated carbocycles. The third kappa shape index (κ3) is 3.37. The summed E-state index contributed by atoms with van der Waals surface area (Å²) in [6.07, 6.45) is 1.83. The molecule has 0 bridgehead atoms. The number of halogens is 1. The van der Waals surface area contributed by atoms with Crippen molar-refractivity contribution >= 4 is 33.3 Å². The second kappa shape index (κ2) is 6.84. The quantitative estimate of drug-likeness (QED) is 0.695. The Morgan fingerprint density at radius 1 is 1.19 bits per heavy atom. The molecule has 1 aliphatic heterocycles. The summed E-state index contributed by atoms with van der Waals surface area (Å²) in [7, 11) is 0. The van der Waals surface area contributed by atoms with Crippen LogP contribution in [0.3, 0.4) is 0 Å². The van der Waals surface area contributed by atoms with Gasteiger partial charge in [0.2, 0.25) is 0 Å². The van der Waals surface area contributed by atoms with Crippen LogP contribution in [0.5, 0.6) is 0 Å². The van der Waals surface area contributed by atoms with E-state index in [4.69, 9.17) is 0 Å². The Kier molecular flexibility index (Phi) is 4.51. The normalized spacial score (nSPS) is 13.9. The molecular weight excluding hydrogens is 410 g/mol. The second-order valence-electron chi connectivity index (χ2n) is 6.96. The molecule has 1 aliphatic rings. The molecule has 4 heterocycles. The topological polar surface area (TPSA) is 71.6 Å². The molecule has 3 aromatic rings. The maximum Gasteiger partial charge on any atom is 0.274 e. The number of hydrogen-bond donors (Lipinski definition) is 1. The maximum absolute atomic E-state index is 12.9. The first-order valence-electron chi connectivity index (χ1n) is 8.86. The summed E-state index contributed by atoms with van der Waals surface area (Å²) in [4.78, 5) is 27.0. The minimum atomic E-state index is -0.101. The van der Waals surface area contributed by atoms with Gasteiger partial charge in [0.25, 0.3) is 11.8 Å². The van der Waals surface area contributed by atoms with Gasteiger partial charge in [0, 0.05) is 35.5 Å². The highest BCUT2D eigenvalue weighted by Crippen LogP contribution is 2.20. The van der Waals surface area contributed by atoms with Crippen LogP contribution in [0.15, 0.2) is 41.0 Å². The molecule has 7 nitrogen and oxygen atoms in total. The number of carbonyl (C=O) groups excluding carboxylic acids is 2. The van der Waals surface area contributed by atoms with Crippen molar-refractivity contribution in [2.45, 2.75) is 33.0 Å². The van der Waals surface area contributed by atoms with Gasteiger partial charge in [-0.15, -0.1) is 0 Å². The Morgan fingerprint density at radius 2 is 2.00 bits per heavy atom. The summed E-state index contributed by atoms with van der Waals surface area (Å²) in [6, 6.07) is 9.45. The molecule has 0 aliphatic carbocycles. The highest BCUT2D eigenvalue weighted by atomic mass is 79.9. The fourth-order valence-corrected chi connectivity index (χ4v) is 3.67. The highest BCUT2D eigenvalue weighted by molar-refractivity contribution is 9.10. The number of nitrogens with zero attached hydrogens (tertiary/aromatic N) is 4. The van der Waals surface area contributed by atoms with E-state index >= 15 is 0 Å². The molecular formula is C19H20BrN5O2. The predicted molar refractivity (Wildman–Crippen MR) is 105 cm³/mol. The SMILES string of the molecule is CC(C)NC(=O)c1ccc2n1CCN(C(=O)c1cc3ccc(Br)cn3n1)C2. The Bertz CT molecular complexity index is 1040. The summed E-state index contributed by atoms with van der Waals surface area (Å²) in [5, 5.41) is 7.31. The van der Waals surface area contributed by atoms with Gasteiger partial charge in [-0.05, 0) is 60.1 Å². The van der Waals surface area contributed by atoms with E-state index in [1.165, 1.54) is 0 Å². The summed E-state index contributed by atoms with van der Waals surface area (Å²) in [6.45, 7) is 5.47. The Balaban J connectivity index is 1.54. The smallest absolute Gasteiger partial charge is 0.274 e. The first-order valence-corrected chi connectivity index (χ1v) is 9.65. The van der Waals surface area contributed by atoms with Gasteiger partial charge in [-0.2, -0.15) is 5.10 Å². The molecule has 0 spiro atoms. The zero-order chi connectivity index (χ0) is 19.1. The van der Waals surface area contributed by atoms with Gasteiger partial charge in [-0.1, -0.05) is 0 Å². The molecule has 1 N–H and O–H groups in total. The van der Waals surface area contributed by atoms with Crippen molar-refractivity contribution in [3.63, 3.8) is 0 Å². The average molecular weight is 430 g/mol. The molecule has 0 atom stereocenters. The van der Waals surface area contributed by atoms with Crippen LogP contribution >= 0.6 is 15.9 Å². The zero-order valence-corrected chi connectivity index (χ0v) is 16.7. The van der Waals surface area contributed by atoms with Gasteiger partial charge < -0.3 is 14.8 Å². The monoisotopic (exact) mass is 429 g/mol. The van der Waals surface area contributed by atoms with Gasteiger partial charge in [0.05, 0.1) is 12.1 Å². The average Bonchev–Trinajstić information content (AvgIpc) is 3.23. The fraction of sp³-hybridized carbons (Fsp3) is 0.316. The molecule has 4 rings (SSSR count). The number of pyridine rings is 1. The van der Waals surface area contributed by atoms with Gasteiger partial charge in [0.1, 0.15) is 5.69 Å². The lowest BCUT2D eigenvalue weighted by Gasteiger charge is -2.29. The van der Waals surface area contributed by atoms with Crippen LogP contribution in [0.1, 0.15) is 40.5 Å². The molecule has 0 aromatic carbocycles. The minimum Gasteiger partial charge on any atom is -0.349 e. The summed E-state index contributed by atoms with van der Waals surface area (Å²) < 4.78 is 4.58. The lowest BCUT2D eigenvalue weighted by atomic mass is 10.2. The number of fused-ring (bicyclic) bond motifs is 2. The Hall–Kier alpha value is -2.61. The molecule has 0 saturated heterocycles. The van der Waals surface area contributed by atoms with Crippen molar-refractivity contribution in [1.29, 1.82) is 0 Å². The summed E-state index contributed by atoms with van der Waals surface area (Å²) in [5.74, 6) is -0.183. The largest absolute Gasteiger partial charge is 0.349 e. The first kappa shape index (κ1) is 17.8. The standard InChI is InChI=1S/C19H20BrN5O2/c1-12(2)21-18(26)17-6-5-15-11-23(7-8-24(15)17)19(27)16-9-14-4-3-13(20)10-25(14)22-16/h3-6,9-10,12H,7-8,11H2,1-2H3,(H,21,26). The molecule has 0 fully saturated rings. The molecule has 27 heavy (non-hydrogen) atoms. The summed E-state index contributed by atoms with van der Waals surface area (Å²) in [5.41, 5.74) is 2.89. The third-order valence-electron chi connectivity index (χ3n) is 4.60. The van der Waals surface area contributed by atoms with E-state index in [1.807, 2.05) is 48.9 Å². The number of nitrogens with one attached hydrogen (secondary N) is 1. The number of hydrogen-bond acceptors (Lipinski definition) is 3. The maximum atomic E-state index is 12.9. The molecule has 0 radical (unpaired) electrons. The van der Waals surface area contributed by atoms with Gasteiger partial charge >= 0.3 is 0 Å². The number of rotatable bonds is 3. The summed E-state index contributed by atoms with van der Waals surface area (Å²) >= 11 is 3.41. The van der Waals surface area contributed by atoms with Crippen LogP contribution in [-0.2, 0) is 13.1 Å². The number of amides is 2. The molecule has 140 valence electrons. The lowest BCUT2D eigenvalue weighted by Crippen LogP contribution is -2.40. The van der Waals surface area contributed by atoms with Crippen LogP contribution in [-0.4, -0.2) is 43.5 Å². The molecule has 3 aromatic heterocycles. The van der Waals surface area contributed by atoms with Crippen LogP contribution in [0.25, 0.3) is 5.52 Å². The van der Waals surface area contributed by atoms with Crippen molar-refractivity contribution < 1.29 is 9.59 Å². The van der Waals surface area contributed by atoms with Crippen molar-refractivity contribution in [3.05, 3.63) is 58.1 Å². The number of aromatic nitrogens is 3. The van der Waals surface area contributed by atoms with E-state index in [0.717, 1.165) is 15.7 Å². The van der Waals surface area contributed by atoms with Crippen molar-refractivity contribution in [3.8, 4) is 0 Å².